The van der Waals surface area contributed by atoms with Crippen molar-refractivity contribution < 1.29 is 9.59 Å². The Labute approximate surface area is 160 Å². The van der Waals surface area contributed by atoms with Crippen molar-refractivity contribution in [3.05, 3.63) is 30.1 Å². The maximum atomic E-state index is 12.9. The molecule has 1 aliphatic rings. The van der Waals surface area contributed by atoms with E-state index >= 15 is 0 Å². The Morgan fingerprint density at radius 1 is 1.38 bits per heavy atom. The van der Waals surface area contributed by atoms with Crippen molar-refractivity contribution in [3.8, 4) is 0 Å². The van der Waals surface area contributed by atoms with Crippen molar-refractivity contribution in [3.63, 3.8) is 0 Å². The number of rotatable bonds is 9. The predicted molar refractivity (Wildman–Crippen MR) is 106 cm³/mol. The maximum Gasteiger partial charge on any atom is 0.253 e. The third kappa shape index (κ3) is 5.45. The summed E-state index contributed by atoms with van der Waals surface area (Å²) >= 11 is 1.82. The van der Waals surface area contributed by atoms with Crippen molar-refractivity contribution in [2.24, 2.45) is 0 Å². The molecule has 1 N–H and O–H groups in total. The van der Waals surface area contributed by atoms with E-state index in [-0.39, 0.29) is 23.9 Å². The van der Waals surface area contributed by atoms with E-state index in [9.17, 15) is 9.59 Å². The molecule has 2 amide bonds. The Balaban J connectivity index is 2.03. The third-order valence-electron chi connectivity index (χ3n) is 4.82. The van der Waals surface area contributed by atoms with Crippen LogP contribution in [0.4, 0.5) is 0 Å². The first-order valence-electron chi connectivity index (χ1n) is 9.33. The fourth-order valence-electron chi connectivity index (χ4n) is 3.44. The van der Waals surface area contributed by atoms with Crippen LogP contribution in [0, 0.1) is 0 Å². The number of hydrogen-bond acceptors (Lipinski definition) is 5. The highest BCUT2D eigenvalue weighted by atomic mass is 32.2. The highest BCUT2D eigenvalue weighted by Crippen LogP contribution is 2.21. The van der Waals surface area contributed by atoms with Crippen molar-refractivity contribution >= 4 is 23.6 Å². The Hall–Kier alpha value is -1.60. The number of likely N-dealkylation sites (N-methyl/N-ethyl adjacent to an activating group) is 1. The number of amides is 2. The molecule has 2 rings (SSSR count). The van der Waals surface area contributed by atoms with Gasteiger partial charge in [0.2, 0.25) is 5.91 Å². The minimum absolute atomic E-state index is 0.0125. The van der Waals surface area contributed by atoms with Gasteiger partial charge in [-0.3, -0.25) is 19.5 Å². The summed E-state index contributed by atoms with van der Waals surface area (Å²) in [6.45, 7) is 7.07. The predicted octanol–water partition coefficient (Wildman–Crippen LogP) is 1.88. The molecule has 1 aromatic heterocycles. The summed E-state index contributed by atoms with van der Waals surface area (Å²) in [5.74, 6) is 1.13. The lowest BCUT2D eigenvalue weighted by atomic mass is 10.1. The molecule has 0 bridgehead atoms. The third-order valence-corrected chi connectivity index (χ3v) is 5.51. The molecule has 6 nitrogen and oxygen atoms in total. The zero-order valence-corrected chi connectivity index (χ0v) is 16.8. The lowest BCUT2D eigenvalue weighted by molar-refractivity contribution is -0.135. The summed E-state index contributed by atoms with van der Waals surface area (Å²) in [6.07, 6.45) is 7.03. The van der Waals surface area contributed by atoms with E-state index in [2.05, 4.69) is 21.5 Å². The summed E-state index contributed by atoms with van der Waals surface area (Å²) in [4.78, 5) is 33.5. The first-order valence-corrected chi connectivity index (χ1v) is 10.7. The van der Waals surface area contributed by atoms with Crippen molar-refractivity contribution in [1.82, 2.24) is 20.1 Å². The molecule has 0 spiro atoms. The maximum absolute atomic E-state index is 12.9. The van der Waals surface area contributed by atoms with Crippen LogP contribution in [0.2, 0.25) is 0 Å². The lowest BCUT2D eigenvalue weighted by Crippen LogP contribution is -2.45. The molecule has 1 aliphatic heterocycles. The molecule has 0 radical (unpaired) electrons. The van der Waals surface area contributed by atoms with Crippen LogP contribution in [0.15, 0.2) is 24.5 Å². The van der Waals surface area contributed by atoms with Gasteiger partial charge in [0.05, 0.1) is 11.6 Å². The molecule has 2 heterocycles. The van der Waals surface area contributed by atoms with Gasteiger partial charge in [-0.05, 0) is 57.4 Å². The van der Waals surface area contributed by atoms with Gasteiger partial charge >= 0.3 is 0 Å². The quantitative estimate of drug-likeness (QED) is 0.665. The van der Waals surface area contributed by atoms with E-state index in [1.807, 2.05) is 30.5 Å². The van der Waals surface area contributed by atoms with Crippen LogP contribution in [0.25, 0.3) is 0 Å². The Kier molecular flexibility index (Phi) is 8.38. The number of nitrogens with zero attached hydrogens (tertiary/aromatic N) is 3. The fraction of sp³-hybridized carbons (Fsp3) is 0.632. The highest BCUT2D eigenvalue weighted by molar-refractivity contribution is 7.98. The topological polar surface area (TPSA) is 65.5 Å². The zero-order chi connectivity index (χ0) is 18.9. The van der Waals surface area contributed by atoms with Gasteiger partial charge in [0.1, 0.15) is 0 Å². The molecule has 1 aromatic rings. The number of pyridine rings is 1. The van der Waals surface area contributed by atoms with Gasteiger partial charge in [0.15, 0.2) is 0 Å². The number of nitrogens with one attached hydrogen (secondary N) is 1. The second-order valence-electron chi connectivity index (χ2n) is 6.52. The molecule has 1 fully saturated rings. The fourth-order valence-corrected chi connectivity index (χ4v) is 3.85. The minimum Gasteiger partial charge on any atom is -0.348 e. The van der Waals surface area contributed by atoms with Crippen LogP contribution in [0.1, 0.15) is 37.0 Å². The van der Waals surface area contributed by atoms with Gasteiger partial charge in [-0.25, -0.2) is 0 Å². The summed E-state index contributed by atoms with van der Waals surface area (Å²) in [5, 5.41) is 3.08. The van der Waals surface area contributed by atoms with E-state index in [0.717, 1.165) is 38.4 Å². The smallest absolute Gasteiger partial charge is 0.253 e. The van der Waals surface area contributed by atoms with Gasteiger partial charge in [0, 0.05) is 38.1 Å². The van der Waals surface area contributed by atoms with E-state index in [1.165, 1.54) is 0 Å². The minimum atomic E-state index is -0.143. The van der Waals surface area contributed by atoms with Crippen molar-refractivity contribution in [2.75, 3.05) is 38.2 Å². The molecule has 0 saturated carbocycles. The Bertz CT molecular complexity index is 580. The summed E-state index contributed by atoms with van der Waals surface area (Å²) in [5.41, 5.74) is 0.556. The first-order chi connectivity index (χ1) is 12.6. The van der Waals surface area contributed by atoms with Crippen LogP contribution in [0.3, 0.4) is 0 Å². The van der Waals surface area contributed by atoms with Crippen LogP contribution >= 0.6 is 11.8 Å². The monoisotopic (exact) mass is 378 g/mol. The molecular weight excluding hydrogens is 348 g/mol. The van der Waals surface area contributed by atoms with E-state index in [0.29, 0.717) is 12.0 Å². The van der Waals surface area contributed by atoms with Gasteiger partial charge in [0.25, 0.3) is 5.91 Å². The summed E-state index contributed by atoms with van der Waals surface area (Å²) in [6, 6.07) is 3.36. The molecule has 7 heteroatoms. The molecule has 0 unspecified atom stereocenters. The number of likely N-dealkylation sites (tertiary alicyclic amines) is 1. The molecule has 26 heavy (non-hydrogen) atoms. The van der Waals surface area contributed by atoms with Gasteiger partial charge < -0.3 is 10.2 Å². The SMILES string of the molecule is CCN(CC)C(=O)[C@@H]1C[C@@H](NC(=O)c2cccnc2)CN1CCCSC. The average Bonchev–Trinajstić information content (AvgIpc) is 3.06. The average molecular weight is 379 g/mol. The van der Waals surface area contributed by atoms with Crippen molar-refractivity contribution in [1.29, 1.82) is 0 Å². The largest absolute Gasteiger partial charge is 0.348 e. The van der Waals surface area contributed by atoms with Gasteiger partial charge in [-0.2, -0.15) is 11.8 Å². The van der Waals surface area contributed by atoms with Crippen LogP contribution in [-0.2, 0) is 4.79 Å². The number of hydrogen-bond donors (Lipinski definition) is 1. The van der Waals surface area contributed by atoms with Gasteiger partial charge in [-0.15, -0.1) is 0 Å². The second-order valence-corrected chi connectivity index (χ2v) is 7.50. The number of aromatic nitrogens is 1. The molecule has 144 valence electrons. The van der Waals surface area contributed by atoms with Crippen LogP contribution in [0.5, 0.6) is 0 Å². The summed E-state index contributed by atoms with van der Waals surface area (Å²) < 4.78 is 0. The van der Waals surface area contributed by atoms with E-state index in [1.54, 1.807) is 24.5 Å². The molecule has 2 atom stereocenters. The van der Waals surface area contributed by atoms with E-state index in [4.69, 9.17) is 0 Å². The Morgan fingerprint density at radius 3 is 2.77 bits per heavy atom. The van der Waals surface area contributed by atoms with E-state index < -0.39 is 0 Å². The van der Waals surface area contributed by atoms with Crippen LogP contribution < -0.4 is 5.32 Å². The molecule has 0 aromatic carbocycles. The van der Waals surface area contributed by atoms with Gasteiger partial charge in [-0.1, -0.05) is 0 Å². The lowest BCUT2D eigenvalue weighted by Gasteiger charge is -2.28. The van der Waals surface area contributed by atoms with Crippen molar-refractivity contribution in [2.45, 2.75) is 38.8 Å². The van der Waals surface area contributed by atoms with Crippen LogP contribution in [-0.4, -0.2) is 76.9 Å². The number of thioether (sulfide) groups is 1. The molecular formula is C19H30N4O2S. The normalized spacial score (nSPS) is 20.1. The number of carbonyl (C=O) groups is 2. The highest BCUT2D eigenvalue weighted by Gasteiger charge is 2.38. The zero-order valence-electron chi connectivity index (χ0n) is 16.0. The molecule has 1 saturated heterocycles. The second kappa shape index (κ2) is 10.5. The summed E-state index contributed by atoms with van der Waals surface area (Å²) in [7, 11) is 0. The molecule has 0 aliphatic carbocycles. The Morgan fingerprint density at radius 2 is 2.15 bits per heavy atom. The number of carbonyl (C=O) groups excluding carboxylic acids is 2. The standard InChI is InChI=1S/C19H30N4O2S/c1-4-22(5-2)19(25)17-12-16(14-23(17)10-7-11-26-3)21-18(24)15-8-6-9-20-13-15/h6,8-9,13,16-17H,4-5,7,10-12,14H2,1-3H3,(H,21,24)/t16-,17+/m1/s1. The first kappa shape index (κ1) is 20.7.